The fraction of sp³-hybridized carbons (Fsp3) is 0.579. The number of aromatic nitrogens is 1. The van der Waals surface area contributed by atoms with Crippen LogP contribution in [0, 0.1) is 0 Å². The highest BCUT2D eigenvalue weighted by Gasteiger charge is 2.26. The van der Waals surface area contributed by atoms with Crippen molar-refractivity contribution in [3.8, 4) is 0 Å². The number of nitrogens with zero attached hydrogens (tertiary/aromatic N) is 3. The van der Waals surface area contributed by atoms with Gasteiger partial charge >= 0.3 is 0 Å². The maximum atomic E-state index is 10.5. The van der Waals surface area contributed by atoms with Crippen molar-refractivity contribution in [2.24, 2.45) is 4.99 Å². The largest absolute Gasteiger partial charge is 0.466 e. The van der Waals surface area contributed by atoms with Gasteiger partial charge in [-0.15, -0.1) is 11.3 Å². The minimum Gasteiger partial charge on any atom is -0.466 e. The van der Waals surface area contributed by atoms with Crippen molar-refractivity contribution in [3.05, 3.63) is 35.2 Å². The van der Waals surface area contributed by atoms with Crippen molar-refractivity contribution in [1.82, 2.24) is 15.6 Å². The molecule has 1 saturated heterocycles. The lowest BCUT2D eigenvalue weighted by atomic mass is 10.0. The Balaban J connectivity index is 1.50. The molecule has 148 valence electrons. The Labute approximate surface area is 164 Å². The number of guanidine groups is 1. The number of hydrogen-bond donors (Lipinski definition) is 3. The molecule has 1 aliphatic rings. The van der Waals surface area contributed by atoms with Gasteiger partial charge in [-0.05, 0) is 38.8 Å². The highest BCUT2D eigenvalue weighted by molar-refractivity contribution is 7.13. The predicted molar refractivity (Wildman–Crippen MR) is 110 cm³/mol. The Hall–Kier alpha value is -2.06. The summed E-state index contributed by atoms with van der Waals surface area (Å²) in [5, 5.41) is 20.3. The number of aliphatic imine (C=N–C) groups is 1. The average Bonchev–Trinajstić information content (AvgIpc) is 3.41. The summed E-state index contributed by atoms with van der Waals surface area (Å²) >= 11 is 1.73. The van der Waals surface area contributed by atoms with Crippen LogP contribution in [0.3, 0.4) is 0 Å². The fourth-order valence-corrected chi connectivity index (χ4v) is 3.93. The molecule has 1 unspecified atom stereocenters. The van der Waals surface area contributed by atoms with Crippen LogP contribution in [0.15, 0.2) is 33.2 Å². The van der Waals surface area contributed by atoms with Crippen LogP contribution in [0.5, 0.6) is 0 Å². The molecule has 2 aromatic heterocycles. The van der Waals surface area contributed by atoms with Crippen molar-refractivity contribution in [2.45, 2.75) is 38.7 Å². The first-order chi connectivity index (χ1) is 13.1. The molecular weight excluding hydrogens is 362 g/mol. The molecule has 2 aromatic rings. The lowest BCUT2D eigenvalue weighted by molar-refractivity contribution is 0.0437. The van der Waals surface area contributed by atoms with Crippen LogP contribution < -0.4 is 15.5 Å². The molecule has 0 aromatic carbocycles. The summed E-state index contributed by atoms with van der Waals surface area (Å²) in [6.45, 7) is 7.67. The minimum absolute atomic E-state index is 0.214. The summed E-state index contributed by atoms with van der Waals surface area (Å²) in [7, 11) is 0. The van der Waals surface area contributed by atoms with E-state index in [-0.39, 0.29) is 6.54 Å². The van der Waals surface area contributed by atoms with Crippen molar-refractivity contribution < 1.29 is 9.52 Å². The minimum atomic E-state index is -1.13. The Morgan fingerprint density at radius 1 is 1.41 bits per heavy atom. The third-order valence-corrected chi connectivity index (χ3v) is 5.48. The molecule has 0 aliphatic carbocycles. The topological polar surface area (TPSA) is 85.9 Å². The Kier molecular flexibility index (Phi) is 6.73. The van der Waals surface area contributed by atoms with E-state index in [1.807, 2.05) is 6.92 Å². The molecule has 8 heteroatoms. The van der Waals surface area contributed by atoms with Gasteiger partial charge in [-0.25, -0.2) is 9.98 Å². The van der Waals surface area contributed by atoms with Gasteiger partial charge < -0.3 is 25.1 Å². The molecule has 1 fully saturated rings. The van der Waals surface area contributed by atoms with Crippen molar-refractivity contribution in [3.63, 3.8) is 0 Å². The molecule has 1 aliphatic heterocycles. The zero-order valence-corrected chi connectivity index (χ0v) is 16.9. The second kappa shape index (κ2) is 9.23. The van der Waals surface area contributed by atoms with Gasteiger partial charge in [-0.3, -0.25) is 0 Å². The van der Waals surface area contributed by atoms with Gasteiger partial charge in [0.15, 0.2) is 11.1 Å². The highest BCUT2D eigenvalue weighted by Crippen LogP contribution is 2.24. The van der Waals surface area contributed by atoms with E-state index in [4.69, 9.17) is 9.40 Å². The molecule has 0 spiro atoms. The fourth-order valence-electron chi connectivity index (χ4n) is 3.01. The number of furan rings is 1. The standard InChI is InChI=1S/C19H29N5O2S/c1-3-20-17(22-14-19(2,25)16-7-6-12-26-16)21-9-8-15-13-27-18(23-15)24-10-4-5-11-24/h6-7,12-13,25H,3-5,8-11,14H2,1-2H3,(H2,20,21,22). The third-order valence-electron chi connectivity index (χ3n) is 4.53. The molecule has 3 N–H and O–H groups in total. The lowest BCUT2D eigenvalue weighted by Crippen LogP contribution is -2.39. The van der Waals surface area contributed by atoms with Gasteiger partial charge in [0, 0.05) is 38.0 Å². The molecule has 3 heterocycles. The maximum absolute atomic E-state index is 10.5. The van der Waals surface area contributed by atoms with Crippen LogP contribution in [-0.2, 0) is 12.0 Å². The summed E-state index contributed by atoms with van der Waals surface area (Å²) in [5.41, 5.74) is -0.0291. The van der Waals surface area contributed by atoms with Gasteiger partial charge in [0.2, 0.25) is 0 Å². The van der Waals surface area contributed by atoms with Crippen molar-refractivity contribution in [2.75, 3.05) is 37.6 Å². The van der Waals surface area contributed by atoms with Gasteiger partial charge in [0.05, 0.1) is 18.5 Å². The van der Waals surface area contributed by atoms with Crippen LogP contribution in [0.4, 0.5) is 5.13 Å². The van der Waals surface area contributed by atoms with E-state index in [1.165, 1.54) is 12.8 Å². The Morgan fingerprint density at radius 2 is 2.22 bits per heavy atom. The molecule has 27 heavy (non-hydrogen) atoms. The number of aliphatic hydroxyl groups is 1. The summed E-state index contributed by atoms with van der Waals surface area (Å²) in [4.78, 5) is 11.6. The van der Waals surface area contributed by atoms with Crippen LogP contribution in [0.25, 0.3) is 0 Å². The first-order valence-electron chi connectivity index (χ1n) is 9.56. The molecular formula is C19H29N5O2S. The van der Waals surface area contributed by atoms with Gasteiger partial charge in [-0.2, -0.15) is 0 Å². The van der Waals surface area contributed by atoms with E-state index in [2.05, 4.69) is 25.9 Å². The molecule has 0 radical (unpaired) electrons. The first kappa shape index (κ1) is 19.7. The number of nitrogens with one attached hydrogen (secondary N) is 2. The van der Waals surface area contributed by atoms with Gasteiger partial charge in [0.25, 0.3) is 0 Å². The van der Waals surface area contributed by atoms with Crippen LogP contribution in [0.1, 0.15) is 38.1 Å². The van der Waals surface area contributed by atoms with E-state index >= 15 is 0 Å². The molecule has 7 nitrogen and oxygen atoms in total. The van der Waals surface area contributed by atoms with E-state index in [0.29, 0.717) is 11.7 Å². The second-order valence-electron chi connectivity index (χ2n) is 6.94. The number of anilines is 1. The summed E-state index contributed by atoms with van der Waals surface area (Å²) in [6.07, 6.45) is 4.92. The monoisotopic (exact) mass is 391 g/mol. The number of thiazole rings is 1. The second-order valence-corrected chi connectivity index (χ2v) is 7.78. The third kappa shape index (κ3) is 5.46. The molecule has 0 amide bonds. The molecule has 0 bridgehead atoms. The van der Waals surface area contributed by atoms with Crippen LogP contribution >= 0.6 is 11.3 Å². The predicted octanol–water partition coefficient (Wildman–Crippen LogP) is 2.34. The van der Waals surface area contributed by atoms with Crippen molar-refractivity contribution >= 4 is 22.4 Å². The Morgan fingerprint density at radius 3 is 2.93 bits per heavy atom. The van der Waals surface area contributed by atoms with Gasteiger partial charge in [-0.1, -0.05) is 0 Å². The van der Waals surface area contributed by atoms with E-state index in [0.717, 1.165) is 43.4 Å². The molecule has 3 rings (SSSR count). The number of rotatable bonds is 8. The summed E-state index contributed by atoms with van der Waals surface area (Å²) in [5.74, 6) is 1.19. The summed E-state index contributed by atoms with van der Waals surface area (Å²) < 4.78 is 5.30. The van der Waals surface area contributed by atoms with Gasteiger partial charge in [0.1, 0.15) is 11.4 Å². The smallest absolute Gasteiger partial charge is 0.191 e. The average molecular weight is 392 g/mol. The SMILES string of the molecule is CCNC(=NCC(C)(O)c1ccco1)NCCc1csc(N2CCCC2)n1. The normalized spacial score (nSPS) is 17.1. The zero-order valence-electron chi connectivity index (χ0n) is 16.1. The van der Waals surface area contributed by atoms with Crippen LogP contribution in [0.2, 0.25) is 0 Å². The lowest BCUT2D eigenvalue weighted by Gasteiger charge is -2.19. The zero-order chi connectivity index (χ0) is 19.1. The van der Waals surface area contributed by atoms with Crippen molar-refractivity contribution in [1.29, 1.82) is 0 Å². The maximum Gasteiger partial charge on any atom is 0.191 e. The number of hydrogen-bond acceptors (Lipinski definition) is 6. The quantitative estimate of drug-likeness (QED) is 0.473. The van der Waals surface area contributed by atoms with E-state index in [1.54, 1.807) is 36.7 Å². The van der Waals surface area contributed by atoms with E-state index in [9.17, 15) is 5.11 Å². The first-order valence-corrected chi connectivity index (χ1v) is 10.4. The molecule has 1 atom stereocenters. The summed E-state index contributed by atoms with van der Waals surface area (Å²) in [6, 6.07) is 3.53. The molecule has 0 saturated carbocycles. The Bertz CT molecular complexity index is 720. The van der Waals surface area contributed by atoms with E-state index < -0.39 is 5.60 Å². The van der Waals surface area contributed by atoms with Crippen LogP contribution in [-0.4, -0.2) is 48.8 Å². The highest BCUT2D eigenvalue weighted by atomic mass is 32.1.